The zero-order valence-corrected chi connectivity index (χ0v) is 11.7. The number of nitrogens with zero attached hydrogens (tertiary/aromatic N) is 2. The molecule has 1 aromatic carbocycles. The molecule has 20 heavy (non-hydrogen) atoms. The Morgan fingerprint density at radius 3 is 2.75 bits per heavy atom. The van der Waals surface area contributed by atoms with E-state index in [0.717, 1.165) is 24.3 Å². The zero-order chi connectivity index (χ0) is 13.9. The van der Waals surface area contributed by atoms with Crippen molar-refractivity contribution < 1.29 is 14.0 Å². The average molecular weight is 274 g/mol. The molecule has 0 aliphatic carbocycles. The Labute approximate surface area is 117 Å². The second-order valence-electron chi connectivity index (χ2n) is 5.13. The molecule has 0 radical (unpaired) electrons. The summed E-state index contributed by atoms with van der Waals surface area (Å²) < 4.78 is 16.1. The van der Waals surface area contributed by atoms with Gasteiger partial charge in [0.1, 0.15) is 11.9 Å². The summed E-state index contributed by atoms with van der Waals surface area (Å²) >= 11 is 0. The Kier molecular flexibility index (Phi) is 3.69. The van der Waals surface area contributed by atoms with E-state index in [4.69, 9.17) is 14.0 Å². The lowest BCUT2D eigenvalue weighted by atomic mass is 10.0. The SMILES string of the molecule is COc1ccc(Cc2noc([C@@H]3OCC[C@H]3C)n2)cc1. The molecule has 0 bridgehead atoms. The van der Waals surface area contributed by atoms with E-state index >= 15 is 0 Å². The van der Waals surface area contributed by atoms with E-state index in [1.165, 1.54) is 0 Å². The first-order valence-corrected chi connectivity index (χ1v) is 6.83. The zero-order valence-electron chi connectivity index (χ0n) is 11.7. The van der Waals surface area contributed by atoms with Crippen LogP contribution in [0.2, 0.25) is 0 Å². The lowest BCUT2D eigenvalue weighted by molar-refractivity contribution is 0.0661. The van der Waals surface area contributed by atoms with Gasteiger partial charge in [0.05, 0.1) is 7.11 Å². The highest BCUT2D eigenvalue weighted by atomic mass is 16.5. The van der Waals surface area contributed by atoms with Crippen LogP contribution in [0.4, 0.5) is 0 Å². The number of rotatable bonds is 4. The van der Waals surface area contributed by atoms with Crippen LogP contribution in [0.3, 0.4) is 0 Å². The van der Waals surface area contributed by atoms with Gasteiger partial charge in [-0.15, -0.1) is 0 Å². The van der Waals surface area contributed by atoms with E-state index in [9.17, 15) is 0 Å². The van der Waals surface area contributed by atoms with Gasteiger partial charge in [-0.05, 0) is 30.0 Å². The molecule has 1 aliphatic heterocycles. The third-order valence-corrected chi connectivity index (χ3v) is 3.64. The molecule has 2 heterocycles. The topological polar surface area (TPSA) is 57.4 Å². The van der Waals surface area contributed by atoms with Crippen molar-refractivity contribution in [3.63, 3.8) is 0 Å². The fraction of sp³-hybridized carbons (Fsp3) is 0.467. The van der Waals surface area contributed by atoms with Crippen LogP contribution in [0.15, 0.2) is 28.8 Å². The van der Waals surface area contributed by atoms with Gasteiger partial charge in [-0.2, -0.15) is 4.98 Å². The molecule has 0 amide bonds. The lowest BCUT2D eigenvalue weighted by Crippen LogP contribution is -2.04. The molecule has 2 atom stereocenters. The van der Waals surface area contributed by atoms with Gasteiger partial charge in [0.15, 0.2) is 5.82 Å². The highest BCUT2D eigenvalue weighted by Gasteiger charge is 2.30. The van der Waals surface area contributed by atoms with Gasteiger partial charge < -0.3 is 14.0 Å². The van der Waals surface area contributed by atoms with Crippen molar-refractivity contribution >= 4 is 0 Å². The quantitative estimate of drug-likeness (QED) is 0.858. The molecule has 1 saturated heterocycles. The minimum absolute atomic E-state index is 0.0490. The maximum absolute atomic E-state index is 5.63. The first kappa shape index (κ1) is 13.1. The Bertz CT molecular complexity index is 565. The van der Waals surface area contributed by atoms with E-state index in [1.54, 1.807) is 7.11 Å². The number of methoxy groups -OCH3 is 1. The van der Waals surface area contributed by atoms with Crippen LogP contribution in [-0.2, 0) is 11.2 Å². The van der Waals surface area contributed by atoms with E-state index in [1.807, 2.05) is 24.3 Å². The molecule has 5 nitrogen and oxygen atoms in total. The molecule has 0 saturated carbocycles. The van der Waals surface area contributed by atoms with Crippen LogP contribution >= 0.6 is 0 Å². The summed E-state index contributed by atoms with van der Waals surface area (Å²) in [5.74, 6) is 2.56. The van der Waals surface area contributed by atoms with Gasteiger partial charge in [0.25, 0.3) is 5.89 Å². The number of hydrogen-bond donors (Lipinski definition) is 0. The third kappa shape index (κ3) is 2.67. The standard InChI is InChI=1S/C15H18N2O3/c1-10-7-8-19-14(10)15-16-13(17-20-15)9-11-3-5-12(18-2)6-4-11/h3-6,10,14H,7-9H2,1-2H3/t10-,14-/m1/s1. The Morgan fingerprint density at radius 1 is 1.30 bits per heavy atom. The van der Waals surface area contributed by atoms with Gasteiger partial charge in [0.2, 0.25) is 0 Å². The molecule has 2 aromatic rings. The van der Waals surface area contributed by atoms with Gasteiger partial charge >= 0.3 is 0 Å². The second-order valence-corrected chi connectivity index (χ2v) is 5.13. The highest BCUT2D eigenvalue weighted by molar-refractivity contribution is 5.28. The summed E-state index contributed by atoms with van der Waals surface area (Å²) in [6.07, 6.45) is 1.64. The van der Waals surface area contributed by atoms with Crippen LogP contribution in [0.25, 0.3) is 0 Å². The van der Waals surface area contributed by atoms with Crippen molar-refractivity contribution in [2.75, 3.05) is 13.7 Å². The average Bonchev–Trinajstić information content (AvgIpc) is 3.08. The minimum Gasteiger partial charge on any atom is -0.497 e. The molecule has 0 spiro atoms. The maximum Gasteiger partial charge on any atom is 0.256 e. The second kappa shape index (κ2) is 5.63. The third-order valence-electron chi connectivity index (χ3n) is 3.64. The van der Waals surface area contributed by atoms with Gasteiger partial charge in [-0.25, -0.2) is 0 Å². The van der Waals surface area contributed by atoms with Crippen LogP contribution in [0.1, 0.15) is 36.7 Å². The molecule has 106 valence electrons. The molecular weight excluding hydrogens is 256 g/mol. The maximum atomic E-state index is 5.63. The van der Waals surface area contributed by atoms with E-state index in [2.05, 4.69) is 17.1 Å². The Hall–Kier alpha value is -1.88. The number of hydrogen-bond acceptors (Lipinski definition) is 5. The van der Waals surface area contributed by atoms with Crippen LogP contribution in [0, 0.1) is 5.92 Å². The number of benzene rings is 1. The van der Waals surface area contributed by atoms with Gasteiger partial charge in [-0.3, -0.25) is 0 Å². The van der Waals surface area contributed by atoms with Crippen LogP contribution < -0.4 is 4.74 Å². The Morgan fingerprint density at radius 2 is 2.10 bits per heavy atom. The summed E-state index contributed by atoms with van der Waals surface area (Å²) in [5, 5.41) is 4.04. The van der Waals surface area contributed by atoms with Crippen molar-refractivity contribution in [3.05, 3.63) is 41.5 Å². The number of aromatic nitrogens is 2. The first-order valence-electron chi connectivity index (χ1n) is 6.83. The molecule has 5 heteroatoms. The molecule has 0 unspecified atom stereocenters. The monoisotopic (exact) mass is 274 g/mol. The first-order chi connectivity index (χ1) is 9.76. The Balaban J connectivity index is 1.70. The molecule has 3 rings (SSSR count). The predicted octanol–water partition coefficient (Wildman–Crippen LogP) is 2.77. The number of ether oxygens (including phenoxy) is 2. The largest absolute Gasteiger partial charge is 0.497 e. The summed E-state index contributed by atoms with van der Waals surface area (Å²) in [5.41, 5.74) is 1.12. The molecule has 1 aromatic heterocycles. The van der Waals surface area contributed by atoms with E-state index < -0.39 is 0 Å². The smallest absolute Gasteiger partial charge is 0.256 e. The van der Waals surface area contributed by atoms with E-state index in [-0.39, 0.29) is 6.10 Å². The van der Waals surface area contributed by atoms with Crippen molar-refractivity contribution in [2.24, 2.45) is 5.92 Å². The van der Waals surface area contributed by atoms with Crippen molar-refractivity contribution in [1.29, 1.82) is 0 Å². The fourth-order valence-electron chi connectivity index (χ4n) is 2.39. The summed E-state index contributed by atoms with van der Waals surface area (Å²) in [4.78, 5) is 4.45. The molecule has 1 aliphatic rings. The molecular formula is C15H18N2O3. The summed E-state index contributed by atoms with van der Waals surface area (Å²) in [6.45, 7) is 2.91. The lowest BCUT2D eigenvalue weighted by Gasteiger charge is -2.07. The van der Waals surface area contributed by atoms with Crippen LogP contribution in [0.5, 0.6) is 5.75 Å². The van der Waals surface area contributed by atoms with Crippen molar-refractivity contribution in [1.82, 2.24) is 10.1 Å². The summed E-state index contributed by atoms with van der Waals surface area (Å²) in [7, 11) is 1.66. The normalized spacial score (nSPS) is 22.1. The summed E-state index contributed by atoms with van der Waals surface area (Å²) in [6, 6.07) is 7.87. The molecule has 0 N–H and O–H groups in total. The van der Waals surface area contributed by atoms with Crippen molar-refractivity contribution in [3.8, 4) is 5.75 Å². The van der Waals surface area contributed by atoms with Crippen molar-refractivity contribution in [2.45, 2.75) is 25.9 Å². The van der Waals surface area contributed by atoms with Gasteiger partial charge in [-0.1, -0.05) is 24.2 Å². The predicted molar refractivity (Wildman–Crippen MR) is 72.6 cm³/mol. The molecule has 1 fully saturated rings. The van der Waals surface area contributed by atoms with Gasteiger partial charge in [0, 0.05) is 13.0 Å². The van der Waals surface area contributed by atoms with E-state index in [0.29, 0.717) is 24.1 Å². The minimum atomic E-state index is -0.0490. The highest BCUT2D eigenvalue weighted by Crippen LogP contribution is 2.33. The van der Waals surface area contributed by atoms with Crippen LogP contribution in [-0.4, -0.2) is 23.9 Å². The fourth-order valence-corrected chi connectivity index (χ4v) is 2.39.